The second kappa shape index (κ2) is 6.02. The lowest BCUT2D eigenvalue weighted by Crippen LogP contribution is -2.15. The second-order valence-electron chi connectivity index (χ2n) is 4.53. The maximum Gasteiger partial charge on any atom is 0.239 e. The highest BCUT2D eigenvalue weighted by Crippen LogP contribution is 2.28. The molecule has 4 N–H and O–H groups in total. The van der Waals surface area contributed by atoms with Crippen molar-refractivity contribution in [2.45, 2.75) is 19.4 Å². The Balaban J connectivity index is 2.02. The van der Waals surface area contributed by atoms with E-state index in [1.165, 1.54) is 0 Å². The van der Waals surface area contributed by atoms with Crippen molar-refractivity contribution in [3.63, 3.8) is 0 Å². The molecule has 0 saturated carbocycles. The standard InChI is InChI=1S/C14H16N6S/c1-2-10(13-16-7-8-21-13)17-12-9-5-3-4-6-11(9)18-14(19-12)20-15/h3-8,10H,2,15H2,1H3,(H2,17,18,19,20). The molecule has 7 heteroatoms. The van der Waals surface area contributed by atoms with Crippen molar-refractivity contribution in [3.05, 3.63) is 40.8 Å². The first kappa shape index (κ1) is 13.7. The zero-order valence-corrected chi connectivity index (χ0v) is 12.4. The third kappa shape index (κ3) is 2.79. The van der Waals surface area contributed by atoms with Crippen molar-refractivity contribution in [1.82, 2.24) is 15.0 Å². The van der Waals surface area contributed by atoms with Crippen molar-refractivity contribution in [1.29, 1.82) is 0 Å². The first-order valence-corrected chi connectivity index (χ1v) is 7.59. The molecular weight excluding hydrogens is 284 g/mol. The van der Waals surface area contributed by atoms with Gasteiger partial charge in [-0.25, -0.2) is 15.8 Å². The average Bonchev–Trinajstić information content (AvgIpc) is 3.06. The fourth-order valence-electron chi connectivity index (χ4n) is 2.16. The van der Waals surface area contributed by atoms with Gasteiger partial charge in [-0.15, -0.1) is 11.3 Å². The summed E-state index contributed by atoms with van der Waals surface area (Å²) in [6.45, 7) is 2.12. The maximum atomic E-state index is 5.45. The summed E-state index contributed by atoms with van der Waals surface area (Å²) in [6.07, 6.45) is 2.73. The number of hydrogen-bond donors (Lipinski definition) is 3. The van der Waals surface area contributed by atoms with Crippen LogP contribution in [0.15, 0.2) is 35.8 Å². The number of anilines is 2. The van der Waals surface area contributed by atoms with Gasteiger partial charge in [-0.1, -0.05) is 19.1 Å². The van der Waals surface area contributed by atoms with Crippen molar-refractivity contribution in [2.24, 2.45) is 5.84 Å². The van der Waals surface area contributed by atoms with Crippen LogP contribution in [0, 0.1) is 0 Å². The normalized spacial score (nSPS) is 12.3. The van der Waals surface area contributed by atoms with E-state index in [1.807, 2.05) is 35.8 Å². The Kier molecular flexibility index (Phi) is 3.94. The first-order valence-electron chi connectivity index (χ1n) is 6.71. The molecule has 0 spiro atoms. The molecule has 6 nitrogen and oxygen atoms in total. The van der Waals surface area contributed by atoms with E-state index in [0.29, 0.717) is 5.95 Å². The lowest BCUT2D eigenvalue weighted by molar-refractivity contribution is 0.738. The van der Waals surface area contributed by atoms with Gasteiger partial charge in [-0.05, 0) is 18.6 Å². The van der Waals surface area contributed by atoms with E-state index in [1.54, 1.807) is 11.3 Å². The van der Waals surface area contributed by atoms with Crippen LogP contribution in [0.5, 0.6) is 0 Å². The van der Waals surface area contributed by atoms with Gasteiger partial charge in [0.15, 0.2) is 0 Å². The molecule has 0 bridgehead atoms. The predicted molar refractivity (Wildman–Crippen MR) is 86.1 cm³/mol. The smallest absolute Gasteiger partial charge is 0.239 e. The van der Waals surface area contributed by atoms with Gasteiger partial charge in [0, 0.05) is 17.0 Å². The van der Waals surface area contributed by atoms with Crippen LogP contribution in [0.25, 0.3) is 10.9 Å². The summed E-state index contributed by atoms with van der Waals surface area (Å²) < 4.78 is 0. The Morgan fingerprint density at radius 1 is 1.29 bits per heavy atom. The van der Waals surface area contributed by atoms with Gasteiger partial charge in [0.1, 0.15) is 10.8 Å². The number of nitrogen functional groups attached to an aromatic ring is 1. The Bertz CT molecular complexity index is 727. The molecule has 2 aromatic heterocycles. The topological polar surface area (TPSA) is 88.8 Å². The molecule has 21 heavy (non-hydrogen) atoms. The van der Waals surface area contributed by atoms with Crippen molar-refractivity contribution in [2.75, 3.05) is 10.7 Å². The van der Waals surface area contributed by atoms with Crippen LogP contribution in [0.3, 0.4) is 0 Å². The van der Waals surface area contributed by atoms with E-state index in [2.05, 4.69) is 32.6 Å². The van der Waals surface area contributed by atoms with E-state index in [0.717, 1.165) is 28.1 Å². The molecule has 3 rings (SSSR count). The fraction of sp³-hybridized carbons (Fsp3) is 0.214. The van der Waals surface area contributed by atoms with Crippen LogP contribution < -0.4 is 16.6 Å². The molecule has 108 valence electrons. The van der Waals surface area contributed by atoms with Crippen LogP contribution in [0.4, 0.5) is 11.8 Å². The Labute approximate surface area is 126 Å². The highest BCUT2D eigenvalue weighted by molar-refractivity contribution is 7.09. The maximum absolute atomic E-state index is 5.45. The molecule has 2 heterocycles. The van der Waals surface area contributed by atoms with E-state index in [-0.39, 0.29) is 6.04 Å². The van der Waals surface area contributed by atoms with Gasteiger partial charge >= 0.3 is 0 Å². The summed E-state index contributed by atoms with van der Waals surface area (Å²) in [5.41, 5.74) is 3.35. The lowest BCUT2D eigenvalue weighted by atomic mass is 10.2. The third-order valence-electron chi connectivity index (χ3n) is 3.20. The molecule has 0 radical (unpaired) electrons. The Morgan fingerprint density at radius 3 is 2.86 bits per heavy atom. The molecule has 1 aromatic carbocycles. The van der Waals surface area contributed by atoms with Crippen molar-refractivity contribution >= 4 is 34.0 Å². The third-order valence-corrected chi connectivity index (χ3v) is 4.09. The summed E-state index contributed by atoms with van der Waals surface area (Å²) in [5, 5.41) is 7.44. The zero-order valence-electron chi connectivity index (χ0n) is 11.6. The first-order chi connectivity index (χ1) is 10.3. The molecule has 3 aromatic rings. The lowest BCUT2D eigenvalue weighted by Gasteiger charge is -2.17. The molecule has 0 fully saturated rings. The molecule has 0 saturated heterocycles. The Morgan fingerprint density at radius 2 is 2.14 bits per heavy atom. The number of nitrogens with zero attached hydrogens (tertiary/aromatic N) is 3. The zero-order chi connectivity index (χ0) is 14.7. The molecule has 0 aliphatic heterocycles. The minimum absolute atomic E-state index is 0.119. The molecular formula is C14H16N6S. The number of nitrogens with two attached hydrogens (primary N) is 1. The predicted octanol–water partition coefficient (Wildman–Crippen LogP) is 2.94. The molecule has 1 unspecified atom stereocenters. The average molecular weight is 300 g/mol. The Hall–Kier alpha value is -2.25. The highest BCUT2D eigenvalue weighted by atomic mass is 32.1. The molecule has 0 aliphatic carbocycles. The number of benzene rings is 1. The number of fused-ring (bicyclic) bond motifs is 1. The van der Waals surface area contributed by atoms with Crippen LogP contribution in [0.1, 0.15) is 24.4 Å². The number of aromatic nitrogens is 3. The number of thiazole rings is 1. The van der Waals surface area contributed by atoms with Crippen molar-refractivity contribution < 1.29 is 0 Å². The van der Waals surface area contributed by atoms with Gasteiger partial charge in [-0.3, -0.25) is 5.43 Å². The number of nitrogens with one attached hydrogen (secondary N) is 2. The highest BCUT2D eigenvalue weighted by Gasteiger charge is 2.15. The van der Waals surface area contributed by atoms with Crippen LogP contribution in [-0.2, 0) is 0 Å². The van der Waals surface area contributed by atoms with Gasteiger partial charge in [0.25, 0.3) is 0 Å². The second-order valence-corrected chi connectivity index (χ2v) is 5.46. The van der Waals surface area contributed by atoms with Crippen LogP contribution >= 0.6 is 11.3 Å². The molecule has 0 aliphatic rings. The number of hydrazine groups is 1. The molecule has 1 atom stereocenters. The van der Waals surface area contributed by atoms with Gasteiger partial charge in [0.05, 0.1) is 11.6 Å². The van der Waals surface area contributed by atoms with E-state index >= 15 is 0 Å². The fourth-order valence-corrected chi connectivity index (χ4v) is 2.93. The summed E-state index contributed by atoms with van der Waals surface area (Å²) in [6, 6.07) is 7.96. The monoisotopic (exact) mass is 300 g/mol. The van der Waals surface area contributed by atoms with Gasteiger partial charge in [0.2, 0.25) is 5.95 Å². The summed E-state index contributed by atoms with van der Waals surface area (Å²) in [4.78, 5) is 13.2. The number of rotatable bonds is 5. The minimum Gasteiger partial charge on any atom is -0.360 e. The van der Waals surface area contributed by atoms with E-state index in [4.69, 9.17) is 5.84 Å². The van der Waals surface area contributed by atoms with Crippen molar-refractivity contribution in [3.8, 4) is 0 Å². The number of hydrogen-bond acceptors (Lipinski definition) is 7. The van der Waals surface area contributed by atoms with E-state index in [9.17, 15) is 0 Å². The summed E-state index contributed by atoms with van der Waals surface area (Å²) >= 11 is 1.63. The van der Waals surface area contributed by atoms with Crippen LogP contribution in [-0.4, -0.2) is 15.0 Å². The molecule has 0 amide bonds. The van der Waals surface area contributed by atoms with Crippen LogP contribution in [0.2, 0.25) is 0 Å². The quantitative estimate of drug-likeness (QED) is 0.496. The summed E-state index contributed by atoms with van der Waals surface area (Å²) in [7, 11) is 0. The summed E-state index contributed by atoms with van der Waals surface area (Å²) in [5.74, 6) is 6.61. The van der Waals surface area contributed by atoms with E-state index < -0.39 is 0 Å². The number of para-hydroxylation sites is 1. The van der Waals surface area contributed by atoms with Gasteiger partial charge in [-0.2, -0.15) is 4.98 Å². The minimum atomic E-state index is 0.119. The van der Waals surface area contributed by atoms with Gasteiger partial charge < -0.3 is 5.32 Å². The largest absolute Gasteiger partial charge is 0.360 e. The SMILES string of the molecule is CCC(Nc1nc(NN)nc2ccccc12)c1nccs1.